The van der Waals surface area contributed by atoms with E-state index >= 15 is 0 Å². The SMILES string of the molecule is CN(CCS(=O)(=O)O)C(=O)CCCCCCOC(F)(F)F. The van der Waals surface area contributed by atoms with Crippen LogP contribution in [0.4, 0.5) is 13.2 Å². The van der Waals surface area contributed by atoms with Gasteiger partial charge in [-0.1, -0.05) is 12.8 Å². The first-order valence-corrected chi connectivity index (χ1v) is 8.02. The minimum atomic E-state index is -4.61. The van der Waals surface area contributed by atoms with Crippen LogP contribution in [0.3, 0.4) is 0 Å². The number of halogens is 3. The molecule has 0 spiro atoms. The molecule has 0 saturated carbocycles. The van der Waals surface area contributed by atoms with Crippen molar-refractivity contribution in [2.45, 2.75) is 38.5 Å². The lowest BCUT2D eigenvalue weighted by Gasteiger charge is -2.16. The molecule has 10 heteroatoms. The van der Waals surface area contributed by atoms with Crippen LogP contribution in [-0.4, -0.2) is 56.1 Å². The van der Waals surface area contributed by atoms with Gasteiger partial charge in [0.25, 0.3) is 10.1 Å². The van der Waals surface area contributed by atoms with E-state index in [1.165, 1.54) is 11.9 Å². The number of carbonyl (C=O) groups excluding carboxylic acids is 1. The van der Waals surface area contributed by atoms with E-state index in [1.54, 1.807) is 0 Å². The Hall–Kier alpha value is -0.870. The van der Waals surface area contributed by atoms with Gasteiger partial charge in [-0.25, -0.2) is 0 Å². The smallest absolute Gasteiger partial charge is 0.345 e. The number of hydrogen-bond donors (Lipinski definition) is 1. The van der Waals surface area contributed by atoms with Crippen LogP contribution in [0.25, 0.3) is 0 Å². The molecule has 1 amide bonds. The van der Waals surface area contributed by atoms with Crippen LogP contribution in [0.15, 0.2) is 0 Å². The second-order valence-corrected chi connectivity index (χ2v) is 6.13. The van der Waals surface area contributed by atoms with Crippen molar-refractivity contribution in [2.75, 3.05) is 26.0 Å². The maximum atomic E-state index is 11.6. The van der Waals surface area contributed by atoms with Crippen molar-refractivity contribution in [3.8, 4) is 0 Å². The van der Waals surface area contributed by atoms with Crippen LogP contribution in [0.1, 0.15) is 32.1 Å². The van der Waals surface area contributed by atoms with Crippen molar-refractivity contribution in [2.24, 2.45) is 0 Å². The Morgan fingerprint density at radius 1 is 1.19 bits per heavy atom. The van der Waals surface area contributed by atoms with Crippen molar-refractivity contribution < 1.29 is 35.7 Å². The molecule has 0 unspecified atom stereocenters. The van der Waals surface area contributed by atoms with Crippen LogP contribution in [0, 0.1) is 0 Å². The number of hydrogen-bond acceptors (Lipinski definition) is 4. The fraction of sp³-hybridized carbons (Fsp3) is 0.909. The van der Waals surface area contributed by atoms with Crippen molar-refractivity contribution in [3.05, 3.63) is 0 Å². The third kappa shape index (κ3) is 13.9. The van der Waals surface area contributed by atoms with Gasteiger partial charge in [0.1, 0.15) is 0 Å². The predicted octanol–water partition coefficient (Wildman–Crippen LogP) is 1.82. The zero-order valence-corrected chi connectivity index (χ0v) is 12.5. The Balaban J connectivity index is 3.62. The van der Waals surface area contributed by atoms with E-state index in [0.29, 0.717) is 19.3 Å². The average Bonchev–Trinajstić information content (AvgIpc) is 2.32. The van der Waals surface area contributed by atoms with Gasteiger partial charge in [-0.05, 0) is 12.8 Å². The molecular formula is C11H20F3NO5S. The molecule has 0 fully saturated rings. The van der Waals surface area contributed by atoms with Crippen LogP contribution in [-0.2, 0) is 19.6 Å². The number of nitrogens with zero attached hydrogens (tertiary/aromatic N) is 1. The Bertz CT molecular complexity index is 411. The van der Waals surface area contributed by atoms with Crippen LogP contribution in [0.2, 0.25) is 0 Å². The molecule has 0 atom stereocenters. The van der Waals surface area contributed by atoms with Crippen molar-refractivity contribution in [3.63, 3.8) is 0 Å². The number of ether oxygens (including phenoxy) is 1. The largest absolute Gasteiger partial charge is 0.522 e. The van der Waals surface area contributed by atoms with E-state index in [9.17, 15) is 26.4 Å². The summed E-state index contributed by atoms with van der Waals surface area (Å²) in [7, 11) is -2.68. The van der Waals surface area contributed by atoms with E-state index in [0.717, 1.165) is 0 Å². The Morgan fingerprint density at radius 3 is 2.29 bits per heavy atom. The van der Waals surface area contributed by atoms with Crippen LogP contribution in [0.5, 0.6) is 0 Å². The van der Waals surface area contributed by atoms with Gasteiger partial charge >= 0.3 is 6.36 Å². The molecule has 0 aliphatic rings. The summed E-state index contributed by atoms with van der Waals surface area (Å²) in [5.74, 6) is -0.797. The fourth-order valence-electron chi connectivity index (χ4n) is 1.49. The van der Waals surface area contributed by atoms with E-state index in [2.05, 4.69) is 4.74 Å². The van der Waals surface area contributed by atoms with E-state index in [4.69, 9.17) is 4.55 Å². The van der Waals surface area contributed by atoms with Gasteiger partial charge in [-0.2, -0.15) is 8.42 Å². The number of amides is 1. The molecule has 21 heavy (non-hydrogen) atoms. The van der Waals surface area contributed by atoms with Gasteiger partial charge in [-0.15, -0.1) is 13.2 Å². The molecule has 0 bridgehead atoms. The topological polar surface area (TPSA) is 83.9 Å². The highest BCUT2D eigenvalue weighted by Crippen LogP contribution is 2.17. The van der Waals surface area contributed by atoms with Crippen LogP contribution < -0.4 is 0 Å². The summed E-state index contributed by atoms with van der Waals surface area (Å²) in [6.07, 6.45) is -2.57. The number of carbonyl (C=O) groups is 1. The molecule has 1 N–H and O–H groups in total. The van der Waals surface area contributed by atoms with E-state index in [1.807, 2.05) is 0 Å². The van der Waals surface area contributed by atoms with Crippen molar-refractivity contribution >= 4 is 16.0 Å². The monoisotopic (exact) mass is 335 g/mol. The van der Waals surface area contributed by atoms with Gasteiger partial charge < -0.3 is 4.90 Å². The van der Waals surface area contributed by atoms with Gasteiger partial charge in [0, 0.05) is 20.0 Å². The quantitative estimate of drug-likeness (QED) is 0.486. The normalized spacial score (nSPS) is 12.4. The first kappa shape index (κ1) is 20.1. The lowest BCUT2D eigenvalue weighted by molar-refractivity contribution is -0.324. The van der Waals surface area contributed by atoms with Gasteiger partial charge in [0.2, 0.25) is 5.91 Å². The molecular weight excluding hydrogens is 315 g/mol. The third-order valence-corrected chi connectivity index (χ3v) is 3.36. The summed E-state index contributed by atoms with van der Waals surface area (Å²) in [4.78, 5) is 12.8. The molecule has 0 aromatic heterocycles. The molecule has 0 aromatic rings. The summed E-state index contributed by atoms with van der Waals surface area (Å²) in [6, 6.07) is 0. The summed E-state index contributed by atoms with van der Waals surface area (Å²) in [6.45, 7) is -0.497. The first-order valence-electron chi connectivity index (χ1n) is 6.41. The molecule has 0 radical (unpaired) electrons. The fourth-order valence-corrected chi connectivity index (χ4v) is 1.99. The van der Waals surface area contributed by atoms with Gasteiger partial charge in [0.15, 0.2) is 0 Å². The lowest BCUT2D eigenvalue weighted by atomic mass is 10.1. The Labute approximate surface area is 122 Å². The minimum absolute atomic E-state index is 0.100. The molecule has 0 aromatic carbocycles. The average molecular weight is 335 g/mol. The summed E-state index contributed by atoms with van der Waals surface area (Å²) < 4.78 is 68.1. The highest BCUT2D eigenvalue weighted by atomic mass is 32.2. The Morgan fingerprint density at radius 2 is 1.76 bits per heavy atom. The first-order chi connectivity index (χ1) is 9.51. The number of unbranched alkanes of at least 4 members (excludes halogenated alkanes) is 3. The van der Waals surface area contributed by atoms with Gasteiger partial charge in [0.05, 0.1) is 12.4 Å². The molecule has 0 aliphatic heterocycles. The third-order valence-electron chi connectivity index (χ3n) is 2.66. The summed E-state index contributed by atoms with van der Waals surface area (Å²) in [5, 5.41) is 0. The molecule has 126 valence electrons. The predicted molar refractivity (Wildman–Crippen MR) is 69.1 cm³/mol. The lowest BCUT2D eigenvalue weighted by Crippen LogP contribution is -2.31. The zero-order valence-electron chi connectivity index (χ0n) is 11.7. The van der Waals surface area contributed by atoms with Crippen LogP contribution >= 0.6 is 0 Å². The van der Waals surface area contributed by atoms with Gasteiger partial charge in [-0.3, -0.25) is 14.1 Å². The van der Waals surface area contributed by atoms with E-state index in [-0.39, 0.29) is 25.3 Å². The number of alkyl halides is 3. The molecule has 0 aliphatic carbocycles. The second kappa shape index (κ2) is 9.21. The summed E-state index contributed by atoms with van der Waals surface area (Å²) in [5.41, 5.74) is 0. The molecule has 6 nitrogen and oxygen atoms in total. The van der Waals surface area contributed by atoms with E-state index < -0.39 is 28.8 Å². The standard InChI is InChI=1S/C11H20F3NO5S/c1-15(7-9-21(17,18)19)10(16)6-4-2-3-5-8-20-11(12,13)14/h2-9H2,1H3,(H,17,18,19). The number of rotatable bonds is 10. The zero-order chi connectivity index (χ0) is 16.5. The summed E-state index contributed by atoms with van der Waals surface area (Å²) >= 11 is 0. The van der Waals surface area contributed by atoms with Crippen molar-refractivity contribution in [1.82, 2.24) is 4.90 Å². The molecule has 0 heterocycles. The van der Waals surface area contributed by atoms with Crippen molar-refractivity contribution in [1.29, 1.82) is 0 Å². The highest BCUT2D eigenvalue weighted by molar-refractivity contribution is 7.85. The molecule has 0 saturated heterocycles. The highest BCUT2D eigenvalue weighted by Gasteiger charge is 2.28. The second-order valence-electron chi connectivity index (χ2n) is 4.56. The molecule has 0 rings (SSSR count). The Kier molecular flexibility index (Phi) is 8.83. The maximum Gasteiger partial charge on any atom is 0.522 e. The minimum Gasteiger partial charge on any atom is -0.345 e. The maximum absolute atomic E-state index is 11.6.